The van der Waals surface area contributed by atoms with Gasteiger partial charge in [0.05, 0.1) is 34.4 Å². The highest BCUT2D eigenvalue weighted by Crippen LogP contribution is 2.18. The lowest BCUT2D eigenvalue weighted by Gasteiger charge is -2.06. The molecular weight excluding hydrogens is 332 g/mol. The van der Waals surface area contributed by atoms with Crippen molar-refractivity contribution in [2.45, 2.75) is 33.9 Å². The fourth-order valence-electron chi connectivity index (χ4n) is 2.54. The van der Waals surface area contributed by atoms with E-state index in [2.05, 4.69) is 20.4 Å². The average molecular weight is 348 g/mol. The van der Waals surface area contributed by atoms with Gasteiger partial charge in [0.15, 0.2) is 10.6 Å². The van der Waals surface area contributed by atoms with E-state index in [1.807, 2.05) is 18.5 Å². The van der Waals surface area contributed by atoms with Crippen molar-refractivity contribution in [2.24, 2.45) is 0 Å². The fourth-order valence-corrected chi connectivity index (χ4v) is 2.78. The third kappa shape index (κ3) is 2.62. The molecule has 24 heavy (non-hydrogen) atoms. The molecule has 0 spiro atoms. The molecular formula is C13H16N8O2S. The van der Waals surface area contributed by atoms with Crippen LogP contribution in [0.1, 0.15) is 24.1 Å². The average Bonchev–Trinajstić information content (AvgIpc) is 3.19. The van der Waals surface area contributed by atoms with Gasteiger partial charge in [0.1, 0.15) is 6.54 Å². The second-order valence-corrected chi connectivity index (χ2v) is 5.66. The zero-order valence-corrected chi connectivity index (χ0v) is 14.2. The predicted octanol–water partition coefficient (Wildman–Crippen LogP) is 1.92. The second kappa shape index (κ2) is 6.00. The molecule has 3 aromatic heterocycles. The van der Waals surface area contributed by atoms with Gasteiger partial charge >= 0.3 is 5.82 Å². The zero-order valence-electron chi connectivity index (χ0n) is 13.4. The van der Waals surface area contributed by atoms with Gasteiger partial charge in [-0.3, -0.25) is 14.3 Å². The molecule has 0 atom stereocenters. The summed E-state index contributed by atoms with van der Waals surface area (Å²) in [7, 11) is 0. The van der Waals surface area contributed by atoms with Crippen LogP contribution in [0.25, 0.3) is 5.69 Å². The molecule has 0 fully saturated rings. The Labute approximate surface area is 141 Å². The molecule has 0 radical (unpaired) electrons. The Morgan fingerprint density at radius 2 is 2.12 bits per heavy atom. The summed E-state index contributed by atoms with van der Waals surface area (Å²) in [5.74, 6) is 0.406. The van der Waals surface area contributed by atoms with Gasteiger partial charge < -0.3 is 10.1 Å². The van der Waals surface area contributed by atoms with Gasteiger partial charge in [-0.15, -0.1) is 0 Å². The highest BCUT2D eigenvalue weighted by atomic mass is 32.1. The maximum atomic E-state index is 10.9. The highest BCUT2D eigenvalue weighted by molar-refractivity contribution is 7.71. The number of nitrogens with one attached hydrogen (secondary N) is 1. The van der Waals surface area contributed by atoms with E-state index in [1.165, 1.54) is 10.7 Å². The van der Waals surface area contributed by atoms with Crippen LogP contribution >= 0.6 is 12.2 Å². The first-order chi connectivity index (χ1) is 11.4. The number of hydrogen-bond acceptors (Lipinski definition) is 6. The maximum absolute atomic E-state index is 10.9. The number of hydrogen-bond donors (Lipinski definition) is 1. The first-order valence-corrected chi connectivity index (χ1v) is 7.71. The molecule has 10 nitrogen and oxygen atoms in total. The van der Waals surface area contributed by atoms with Crippen LogP contribution in [0.4, 0.5) is 5.82 Å². The van der Waals surface area contributed by atoms with Crippen molar-refractivity contribution >= 4 is 18.0 Å². The Morgan fingerprint density at radius 1 is 1.38 bits per heavy atom. The zero-order chi connectivity index (χ0) is 17.4. The minimum Gasteiger partial charge on any atom is -0.358 e. The number of aromatic nitrogens is 7. The van der Waals surface area contributed by atoms with E-state index in [4.69, 9.17) is 12.2 Å². The van der Waals surface area contributed by atoms with Crippen LogP contribution in [0, 0.1) is 28.7 Å². The minimum absolute atomic E-state index is 0.192. The Kier molecular flexibility index (Phi) is 4.01. The first kappa shape index (κ1) is 16.1. The summed E-state index contributed by atoms with van der Waals surface area (Å²) in [6, 6.07) is 1.42. The monoisotopic (exact) mass is 348 g/mol. The summed E-state index contributed by atoms with van der Waals surface area (Å²) in [5.41, 5.74) is 2.45. The molecule has 1 N–H and O–H groups in total. The Balaban J connectivity index is 2.03. The maximum Gasteiger partial charge on any atom is 0.390 e. The first-order valence-electron chi connectivity index (χ1n) is 7.30. The number of aryl methyl sites for hydroxylation is 2. The van der Waals surface area contributed by atoms with Gasteiger partial charge in [-0.2, -0.15) is 14.9 Å². The standard InChI is InChI=1S/C13H16N8O2S/c1-4-18-9(3)10(6-14-18)20-12(15-16-13(20)24)7-19-8(2)5-11(17-19)21(22)23/h5-6H,4,7H2,1-3H3,(H,16,24). The summed E-state index contributed by atoms with van der Waals surface area (Å²) in [6.45, 7) is 6.71. The second-order valence-electron chi connectivity index (χ2n) is 5.27. The Bertz CT molecular complexity index is 963. The van der Waals surface area contributed by atoms with E-state index < -0.39 is 4.92 Å². The highest BCUT2D eigenvalue weighted by Gasteiger charge is 2.19. The van der Waals surface area contributed by atoms with Gasteiger partial charge in [0.25, 0.3) is 0 Å². The van der Waals surface area contributed by atoms with Crippen molar-refractivity contribution in [3.63, 3.8) is 0 Å². The molecule has 0 aliphatic rings. The van der Waals surface area contributed by atoms with Gasteiger partial charge in [-0.05, 0) is 37.9 Å². The van der Waals surface area contributed by atoms with Gasteiger partial charge in [-0.25, -0.2) is 0 Å². The summed E-state index contributed by atoms with van der Waals surface area (Å²) >= 11 is 5.33. The molecule has 11 heteroatoms. The van der Waals surface area contributed by atoms with E-state index in [0.717, 1.165) is 17.9 Å². The number of nitrogens with zero attached hydrogens (tertiary/aromatic N) is 7. The van der Waals surface area contributed by atoms with Crippen LogP contribution < -0.4 is 0 Å². The summed E-state index contributed by atoms with van der Waals surface area (Å²) in [5, 5.41) is 26.2. The van der Waals surface area contributed by atoms with E-state index >= 15 is 0 Å². The molecule has 0 aliphatic carbocycles. The van der Waals surface area contributed by atoms with E-state index in [0.29, 0.717) is 16.3 Å². The molecule has 3 rings (SSSR count). The third-order valence-electron chi connectivity index (χ3n) is 3.81. The lowest BCUT2D eigenvalue weighted by Crippen LogP contribution is -2.11. The molecule has 0 aromatic carbocycles. The van der Waals surface area contributed by atoms with E-state index in [9.17, 15) is 10.1 Å². The number of rotatable bonds is 5. The van der Waals surface area contributed by atoms with Gasteiger partial charge in [0.2, 0.25) is 0 Å². The van der Waals surface area contributed by atoms with Gasteiger partial charge in [-0.1, -0.05) is 0 Å². The number of nitro groups is 1. The molecule has 0 aliphatic heterocycles. The van der Waals surface area contributed by atoms with Crippen molar-refractivity contribution < 1.29 is 4.92 Å². The van der Waals surface area contributed by atoms with Crippen molar-refractivity contribution in [1.29, 1.82) is 0 Å². The van der Waals surface area contributed by atoms with E-state index in [1.54, 1.807) is 17.7 Å². The van der Waals surface area contributed by atoms with Crippen molar-refractivity contribution in [2.75, 3.05) is 0 Å². The molecule has 3 heterocycles. The topological polar surface area (TPSA) is 112 Å². The Hall–Kier alpha value is -2.82. The Morgan fingerprint density at radius 3 is 2.71 bits per heavy atom. The predicted molar refractivity (Wildman–Crippen MR) is 87.7 cm³/mol. The van der Waals surface area contributed by atoms with Crippen LogP contribution in [0.15, 0.2) is 12.3 Å². The van der Waals surface area contributed by atoms with Gasteiger partial charge in [0, 0.05) is 6.54 Å². The largest absolute Gasteiger partial charge is 0.390 e. The SMILES string of the molecule is CCn1ncc(-n2c(Cn3nc([N+](=O)[O-])cc3C)n[nH]c2=S)c1C. The summed E-state index contributed by atoms with van der Waals surface area (Å²) < 4.78 is 5.59. The molecule has 0 saturated heterocycles. The number of H-pyrrole nitrogens is 1. The minimum atomic E-state index is -0.518. The van der Waals surface area contributed by atoms with Crippen LogP contribution in [0.5, 0.6) is 0 Å². The summed E-state index contributed by atoms with van der Waals surface area (Å²) in [4.78, 5) is 10.3. The van der Waals surface area contributed by atoms with Crippen molar-refractivity contribution in [3.05, 3.63) is 44.4 Å². The van der Waals surface area contributed by atoms with Crippen LogP contribution in [0.3, 0.4) is 0 Å². The van der Waals surface area contributed by atoms with Crippen molar-refractivity contribution in [1.82, 2.24) is 34.3 Å². The van der Waals surface area contributed by atoms with Crippen LogP contribution in [-0.2, 0) is 13.1 Å². The molecule has 0 amide bonds. The normalized spacial score (nSPS) is 11.1. The molecule has 3 aromatic rings. The molecule has 126 valence electrons. The quantitative estimate of drug-likeness (QED) is 0.428. The third-order valence-corrected chi connectivity index (χ3v) is 4.08. The molecule has 0 saturated carbocycles. The molecule has 0 bridgehead atoms. The fraction of sp³-hybridized carbons (Fsp3) is 0.385. The summed E-state index contributed by atoms with van der Waals surface area (Å²) in [6.07, 6.45) is 1.73. The van der Waals surface area contributed by atoms with E-state index in [-0.39, 0.29) is 12.4 Å². The van der Waals surface area contributed by atoms with Crippen LogP contribution in [-0.4, -0.2) is 39.2 Å². The van der Waals surface area contributed by atoms with Crippen molar-refractivity contribution in [3.8, 4) is 5.69 Å². The smallest absolute Gasteiger partial charge is 0.358 e. The van der Waals surface area contributed by atoms with Crippen LogP contribution in [0.2, 0.25) is 0 Å². The lowest BCUT2D eigenvalue weighted by atomic mass is 10.3. The molecule has 0 unspecified atom stereocenters. The number of aromatic amines is 1. The lowest BCUT2D eigenvalue weighted by molar-refractivity contribution is -0.389.